The molecule has 1 aromatic heterocycles. The first-order chi connectivity index (χ1) is 12.1. The smallest absolute Gasteiger partial charge is 0.341 e. The Morgan fingerprint density at radius 1 is 1.24 bits per heavy atom. The third kappa shape index (κ3) is 5.09. The standard InChI is InChI=1S/C19H23NO3S2/c1-4-23-19(22)17-16(14-9-6-5-7-10-14)13(2)25-18(17)20-15(21)11-8-12-24-3/h5-7,9-10H,4,8,11-12H2,1-3H3,(H,20,21). The second-order valence-electron chi connectivity index (χ2n) is 5.47. The third-order valence-corrected chi connectivity index (χ3v) is 5.35. The highest BCUT2D eigenvalue weighted by atomic mass is 32.2. The summed E-state index contributed by atoms with van der Waals surface area (Å²) in [4.78, 5) is 25.7. The molecule has 0 bridgehead atoms. The van der Waals surface area contributed by atoms with Crippen LogP contribution in [-0.2, 0) is 9.53 Å². The molecule has 0 saturated heterocycles. The number of esters is 1. The molecule has 6 heteroatoms. The summed E-state index contributed by atoms with van der Waals surface area (Å²) in [5, 5.41) is 3.48. The minimum Gasteiger partial charge on any atom is -0.462 e. The molecule has 2 aromatic rings. The first-order valence-corrected chi connectivity index (χ1v) is 10.4. The van der Waals surface area contributed by atoms with Crippen LogP contribution < -0.4 is 5.32 Å². The molecule has 0 unspecified atom stereocenters. The summed E-state index contributed by atoms with van der Waals surface area (Å²) in [5.74, 6) is 0.474. The largest absolute Gasteiger partial charge is 0.462 e. The quantitative estimate of drug-likeness (QED) is 0.520. The van der Waals surface area contributed by atoms with Gasteiger partial charge in [-0.2, -0.15) is 11.8 Å². The van der Waals surface area contributed by atoms with Gasteiger partial charge in [0.2, 0.25) is 5.91 Å². The molecule has 0 aliphatic carbocycles. The van der Waals surface area contributed by atoms with Crippen LogP contribution in [0.5, 0.6) is 0 Å². The van der Waals surface area contributed by atoms with Crippen molar-refractivity contribution in [3.05, 3.63) is 40.8 Å². The minimum atomic E-state index is -0.398. The summed E-state index contributed by atoms with van der Waals surface area (Å²) in [5.41, 5.74) is 2.24. The number of benzene rings is 1. The zero-order chi connectivity index (χ0) is 18.2. The summed E-state index contributed by atoms with van der Waals surface area (Å²) in [6.07, 6.45) is 3.28. The first-order valence-electron chi connectivity index (χ1n) is 8.23. The lowest BCUT2D eigenvalue weighted by Crippen LogP contribution is -2.14. The fraction of sp³-hybridized carbons (Fsp3) is 0.368. The van der Waals surface area contributed by atoms with E-state index in [4.69, 9.17) is 4.74 Å². The maximum atomic E-state index is 12.5. The number of ether oxygens (including phenoxy) is 1. The molecular formula is C19H23NO3S2. The highest BCUT2D eigenvalue weighted by molar-refractivity contribution is 7.98. The summed E-state index contributed by atoms with van der Waals surface area (Å²) >= 11 is 3.14. The van der Waals surface area contributed by atoms with Crippen molar-refractivity contribution in [2.24, 2.45) is 0 Å². The summed E-state index contributed by atoms with van der Waals surface area (Å²) < 4.78 is 5.24. The zero-order valence-electron chi connectivity index (χ0n) is 14.8. The predicted octanol–water partition coefficient (Wildman–Crippen LogP) is 4.98. The highest BCUT2D eigenvalue weighted by Gasteiger charge is 2.25. The molecule has 0 saturated carbocycles. The van der Waals surface area contributed by atoms with E-state index >= 15 is 0 Å². The van der Waals surface area contributed by atoms with Gasteiger partial charge in [-0.05, 0) is 37.8 Å². The lowest BCUT2D eigenvalue weighted by Gasteiger charge is -2.09. The maximum absolute atomic E-state index is 12.5. The van der Waals surface area contributed by atoms with Crippen molar-refractivity contribution in [3.8, 4) is 11.1 Å². The molecule has 25 heavy (non-hydrogen) atoms. The van der Waals surface area contributed by atoms with E-state index in [2.05, 4.69) is 5.32 Å². The Labute approximate surface area is 157 Å². The van der Waals surface area contributed by atoms with Crippen LogP contribution in [0.15, 0.2) is 30.3 Å². The molecule has 1 N–H and O–H groups in total. The van der Waals surface area contributed by atoms with Gasteiger partial charge in [-0.25, -0.2) is 4.79 Å². The average molecular weight is 378 g/mol. The van der Waals surface area contributed by atoms with Crippen LogP contribution >= 0.6 is 23.1 Å². The van der Waals surface area contributed by atoms with Crippen molar-refractivity contribution in [2.75, 3.05) is 23.9 Å². The number of carbonyl (C=O) groups excluding carboxylic acids is 2. The molecule has 1 heterocycles. The molecule has 0 fully saturated rings. The molecule has 134 valence electrons. The minimum absolute atomic E-state index is 0.0690. The topological polar surface area (TPSA) is 55.4 Å². The SMILES string of the molecule is CCOC(=O)c1c(NC(=O)CCCSC)sc(C)c1-c1ccccc1. The van der Waals surface area contributed by atoms with Crippen molar-refractivity contribution in [1.82, 2.24) is 0 Å². The molecule has 1 amide bonds. The Morgan fingerprint density at radius 2 is 1.96 bits per heavy atom. The van der Waals surface area contributed by atoms with Gasteiger partial charge in [0.1, 0.15) is 10.6 Å². The van der Waals surface area contributed by atoms with E-state index in [9.17, 15) is 9.59 Å². The second-order valence-corrected chi connectivity index (χ2v) is 7.68. The Balaban J connectivity index is 2.36. The number of thiophene rings is 1. The Morgan fingerprint density at radius 3 is 2.60 bits per heavy atom. The number of hydrogen-bond donors (Lipinski definition) is 1. The zero-order valence-corrected chi connectivity index (χ0v) is 16.4. The lowest BCUT2D eigenvalue weighted by atomic mass is 10.0. The Hall–Kier alpha value is -1.79. The molecular weight excluding hydrogens is 354 g/mol. The maximum Gasteiger partial charge on any atom is 0.341 e. The molecule has 4 nitrogen and oxygen atoms in total. The van der Waals surface area contributed by atoms with Crippen LogP contribution in [0.4, 0.5) is 5.00 Å². The van der Waals surface area contributed by atoms with E-state index in [1.54, 1.807) is 18.7 Å². The van der Waals surface area contributed by atoms with Crippen LogP contribution in [-0.4, -0.2) is 30.5 Å². The number of hydrogen-bond acceptors (Lipinski definition) is 5. The van der Waals surface area contributed by atoms with Crippen LogP contribution in [0.2, 0.25) is 0 Å². The van der Waals surface area contributed by atoms with Crippen LogP contribution in [0.1, 0.15) is 35.0 Å². The van der Waals surface area contributed by atoms with Crippen molar-refractivity contribution < 1.29 is 14.3 Å². The predicted molar refractivity (Wildman–Crippen MR) is 107 cm³/mol. The van der Waals surface area contributed by atoms with Crippen molar-refractivity contribution >= 4 is 40.0 Å². The molecule has 0 spiro atoms. The number of anilines is 1. The number of rotatable bonds is 8. The number of nitrogens with one attached hydrogen (secondary N) is 1. The van der Waals surface area contributed by atoms with Gasteiger partial charge in [0.05, 0.1) is 6.61 Å². The van der Waals surface area contributed by atoms with E-state index < -0.39 is 5.97 Å². The van der Waals surface area contributed by atoms with Crippen molar-refractivity contribution in [1.29, 1.82) is 0 Å². The number of carbonyl (C=O) groups is 2. The van der Waals surface area contributed by atoms with Gasteiger partial charge in [0.15, 0.2) is 0 Å². The third-order valence-electron chi connectivity index (χ3n) is 3.63. The van der Waals surface area contributed by atoms with E-state index in [1.807, 2.05) is 43.5 Å². The van der Waals surface area contributed by atoms with Gasteiger partial charge in [-0.3, -0.25) is 4.79 Å². The number of amides is 1. The second kappa shape index (κ2) is 9.63. The van der Waals surface area contributed by atoms with Gasteiger partial charge >= 0.3 is 5.97 Å². The normalized spacial score (nSPS) is 10.5. The highest BCUT2D eigenvalue weighted by Crippen LogP contribution is 2.40. The van der Waals surface area contributed by atoms with E-state index in [1.165, 1.54) is 11.3 Å². The van der Waals surface area contributed by atoms with Gasteiger partial charge < -0.3 is 10.1 Å². The fourth-order valence-electron chi connectivity index (χ4n) is 2.55. The van der Waals surface area contributed by atoms with Gasteiger partial charge in [-0.1, -0.05) is 30.3 Å². The Bertz CT molecular complexity index is 726. The van der Waals surface area contributed by atoms with Crippen molar-refractivity contribution in [3.63, 3.8) is 0 Å². The van der Waals surface area contributed by atoms with Gasteiger partial charge in [0, 0.05) is 16.9 Å². The first kappa shape index (κ1) is 19.5. The summed E-state index contributed by atoms with van der Waals surface area (Å²) in [6, 6.07) is 9.72. The van der Waals surface area contributed by atoms with E-state index in [-0.39, 0.29) is 5.91 Å². The molecule has 1 aromatic carbocycles. The number of thioether (sulfide) groups is 1. The van der Waals surface area contributed by atoms with Crippen LogP contribution in [0.25, 0.3) is 11.1 Å². The Kier molecular flexibility index (Phi) is 7.52. The summed E-state index contributed by atoms with van der Waals surface area (Å²) in [6.45, 7) is 4.03. The molecule has 0 aliphatic heterocycles. The monoisotopic (exact) mass is 377 g/mol. The van der Waals surface area contributed by atoms with Crippen LogP contribution in [0.3, 0.4) is 0 Å². The van der Waals surface area contributed by atoms with Gasteiger partial charge in [-0.15, -0.1) is 11.3 Å². The molecule has 2 rings (SSSR count). The summed E-state index contributed by atoms with van der Waals surface area (Å²) in [7, 11) is 0. The van der Waals surface area contributed by atoms with Crippen molar-refractivity contribution in [2.45, 2.75) is 26.7 Å². The van der Waals surface area contributed by atoms with E-state index in [0.717, 1.165) is 28.2 Å². The van der Waals surface area contributed by atoms with Crippen LogP contribution in [0, 0.1) is 6.92 Å². The molecule has 0 atom stereocenters. The number of aryl methyl sites for hydroxylation is 1. The average Bonchev–Trinajstić information content (AvgIpc) is 2.92. The molecule has 0 aliphatic rings. The molecule has 0 radical (unpaired) electrons. The van der Waals surface area contributed by atoms with E-state index in [0.29, 0.717) is 23.6 Å². The lowest BCUT2D eigenvalue weighted by molar-refractivity contribution is -0.116. The van der Waals surface area contributed by atoms with Gasteiger partial charge in [0.25, 0.3) is 0 Å². The fourth-order valence-corrected chi connectivity index (χ4v) is 4.06.